The Labute approximate surface area is 224 Å². The minimum atomic E-state index is -1.10. The number of aromatic nitrogens is 2. The average Bonchev–Trinajstić information content (AvgIpc) is 2.84. The molecule has 4 rings (SSSR count). The average molecular weight is 557 g/mol. The Balaban J connectivity index is 1.84. The monoisotopic (exact) mass is 555 g/mol. The first-order valence-corrected chi connectivity index (χ1v) is 12.8. The largest absolute Gasteiger partial charge is 0.465 e. The van der Waals surface area contributed by atoms with Crippen molar-refractivity contribution >= 4 is 58.3 Å². The van der Waals surface area contributed by atoms with Crippen molar-refractivity contribution in [1.82, 2.24) is 19.8 Å². The third-order valence-corrected chi connectivity index (χ3v) is 7.92. The summed E-state index contributed by atoms with van der Waals surface area (Å²) in [5.41, 5.74) is 1.15. The van der Waals surface area contributed by atoms with Crippen molar-refractivity contribution in [2.75, 3.05) is 31.1 Å². The Bertz CT molecular complexity index is 1190. The lowest BCUT2D eigenvalue weighted by atomic mass is 9.79. The number of carbonyl (C=O) groups is 2. The molecule has 2 aliphatic heterocycles. The molecule has 0 spiro atoms. The molecular weight excluding hydrogens is 529 g/mol. The van der Waals surface area contributed by atoms with Crippen molar-refractivity contribution in [1.29, 1.82) is 0 Å². The predicted octanol–water partition coefficient (Wildman–Crippen LogP) is 4.73. The lowest BCUT2D eigenvalue weighted by Gasteiger charge is -2.51. The highest BCUT2D eigenvalue weighted by Crippen LogP contribution is 2.42. The van der Waals surface area contributed by atoms with E-state index in [2.05, 4.69) is 9.97 Å². The Morgan fingerprint density at radius 3 is 2.44 bits per heavy atom. The maximum atomic E-state index is 14.2. The van der Waals surface area contributed by atoms with E-state index in [1.807, 2.05) is 31.7 Å². The Morgan fingerprint density at radius 2 is 1.81 bits per heavy atom. The number of fused-ring (bicyclic) bond motifs is 1. The Hall–Kier alpha value is -2.33. The summed E-state index contributed by atoms with van der Waals surface area (Å²) in [6.07, 6.45) is 2.17. The molecule has 2 aromatic heterocycles. The summed E-state index contributed by atoms with van der Waals surface area (Å²) in [6.45, 7) is 5.90. The second kappa shape index (κ2) is 10.2. The zero-order valence-electron chi connectivity index (χ0n) is 20.2. The van der Waals surface area contributed by atoms with Crippen molar-refractivity contribution in [3.05, 3.63) is 44.8 Å². The summed E-state index contributed by atoms with van der Waals surface area (Å²) < 4.78 is 0. The lowest BCUT2D eigenvalue weighted by Crippen LogP contribution is -2.67. The van der Waals surface area contributed by atoms with E-state index in [1.54, 1.807) is 12.3 Å². The molecule has 2 atom stereocenters. The van der Waals surface area contributed by atoms with Crippen LogP contribution in [-0.4, -0.2) is 80.3 Å². The van der Waals surface area contributed by atoms with Crippen molar-refractivity contribution in [3.8, 4) is 0 Å². The fourth-order valence-corrected chi connectivity index (χ4v) is 5.86. The van der Waals surface area contributed by atoms with Crippen LogP contribution >= 0.6 is 34.8 Å². The standard InChI is InChI=1S/C24H28Cl3N5O4/c1-24(2,3)19-15(12-33)31(10-11-32(19)23(35)36)22(34)16-17(25)18(26)20(27)29-21(16)30-9-5-6-13-14(30)7-4-8-28-13/h4,7-8,15,19,33H,5-6,9-12H2,1-3H3,(H,35,36). The lowest BCUT2D eigenvalue weighted by molar-refractivity contribution is -0.0311. The zero-order chi connectivity index (χ0) is 26.4. The van der Waals surface area contributed by atoms with Crippen LogP contribution < -0.4 is 4.90 Å². The number of carbonyl (C=O) groups excluding carboxylic acids is 1. The van der Waals surface area contributed by atoms with E-state index in [-0.39, 0.29) is 39.7 Å². The van der Waals surface area contributed by atoms with Crippen LogP contribution in [0.5, 0.6) is 0 Å². The van der Waals surface area contributed by atoms with Gasteiger partial charge in [0.25, 0.3) is 5.91 Å². The molecule has 2 aromatic rings. The first-order valence-electron chi connectivity index (χ1n) is 11.6. The molecule has 12 heteroatoms. The molecule has 2 aliphatic rings. The molecule has 36 heavy (non-hydrogen) atoms. The van der Waals surface area contributed by atoms with Gasteiger partial charge in [0.05, 0.1) is 40.1 Å². The first kappa shape index (κ1) is 26.7. The fourth-order valence-electron chi connectivity index (χ4n) is 5.25. The van der Waals surface area contributed by atoms with Gasteiger partial charge in [-0.1, -0.05) is 55.6 Å². The summed E-state index contributed by atoms with van der Waals surface area (Å²) in [5.74, 6) is -0.256. The van der Waals surface area contributed by atoms with Crippen LogP contribution in [0.25, 0.3) is 0 Å². The minimum absolute atomic E-state index is 0.0359. The quantitative estimate of drug-likeness (QED) is 0.526. The number of aliphatic hydroxyl groups is 1. The molecule has 2 unspecified atom stereocenters. The van der Waals surface area contributed by atoms with Gasteiger partial charge in [-0.25, -0.2) is 9.78 Å². The van der Waals surface area contributed by atoms with E-state index in [0.717, 1.165) is 24.2 Å². The van der Waals surface area contributed by atoms with Gasteiger partial charge in [-0.3, -0.25) is 9.78 Å². The smallest absolute Gasteiger partial charge is 0.407 e. The zero-order valence-corrected chi connectivity index (χ0v) is 22.5. The van der Waals surface area contributed by atoms with E-state index >= 15 is 0 Å². The normalized spacial score (nSPS) is 20.4. The number of hydrogen-bond acceptors (Lipinski definition) is 6. The number of anilines is 2. The van der Waals surface area contributed by atoms with Crippen molar-refractivity contribution in [2.45, 2.75) is 45.7 Å². The number of carboxylic acid groups (broad SMARTS) is 1. The van der Waals surface area contributed by atoms with Gasteiger partial charge in [-0.15, -0.1) is 0 Å². The van der Waals surface area contributed by atoms with E-state index < -0.39 is 36.1 Å². The van der Waals surface area contributed by atoms with E-state index in [9.17, 15) is 19.8 Å². The number of hydrogen-bond donors (Lipinski definition) is 2. The van der Waals surface area contributed by atoms with E-state index in [1.165, 1.54) is 9.80 Å². The third-order valence-electron chi connectivity index (χ3n) is 6.71. The second-order valence-electron chi connectivity index (χ2n) is 9.99. The number of rotatable bonds is 3. The van der Waals surface area contributed by atoms with Crippen LogP contribution in [0.2, 0.25) is 15.2 Å². The second-order valence-corrected chi connectivity index (χ2v) is 11.1. The number of nitrogens with zero attached hydrogens (tertiary/aromatic N) is 5. The number of aliphatic hydroxyl groups excluding tert-OH is 1. The van der Waals surface area contributed by atoms with E-state index in [0.29, 0.717) is 6.54 Å². The van der Waals surface area contributed by atoms with Crippen LogP contribution in [0.1, 0.15) is 43.2 Å². The van der Waals surface area contributed by atoms with Gasteiger partial charge in [0.2, 0.25) is 0 Å². The molecule has 0 radical (unpaired) electrons. The molecule has 1 saturated heterocycles. The van der Waals surface area contributed by atoms with Crippen LogP contribution in [-0.2, 0) is 6.42 Å². The maximum absolute atomic E-state index is 14.2. The van der Waals surface area contributed by atoms with Crippen LogP contribution in [0.15, 0.2) is 18.3 Å². The van der Waals surface area contributed by atoms with Crippen molar-refractivity contribution in [3.63, 3.8) is 0 Å². The highest BCUT2D eigenvalue weighted by atomic mass is 35.5. The number of amides is 2. The van der Waals surface area contributed by atoms with Gasteiger partial charge < -0.3 is 24.9 Å². The SMILES string of the molecule is CC(C)(C)C1C(CO)N(C(=O)c2c(N3CCCc4ncccc43)nc(Cl)c(Cl)c2Cl)CCN1C(=O)O. The highest BCUT2D eigenvalue weighted by molar-refractivity contribution is 6.49. The number of pyridine rings is 2. The van der Waals surface area contributed by atoms with Gasteiger partial charge in [-0.2, -0.15) is 0 Å². The first-order chi connectivity index (χ1) is 17.0. The molecule has 1 fully saturated rings. The third kappa shape index (κ3) is 4.69. The highest BCUT2D eigenvalue weighted by Gasteiger charge is 2.47. The molecular formula is C24H28Cl3N5O4. The summed E-state index contributed by atoms with van der Waals surface area (Å²) in [4.78, 5) is 39.7. The van der Waals surface area contributed by atoms with Gasteiger partial charge >= 0.3 is 6.09 Å². The van der Waals surface area contributed by atoms with E-state index in [4.69, 9.17) is 34.8 Å². The van der Waals surface area contributed by atoms with Gasteiger partial charge in [-0.05, 0) is 30.4 Å². The maximum Gasteiger partial charge on any atom is 0.407 e. The number of piperazine rings is 1. The molecule has 4 heterocycles. The number of halogens is 3. The molecule has 194 valence electrons. The van der Waals surface area contributed by atoms with Crippen molar-refractivity contribution in [2.24, 2.45) is 5.41 Å². The van der Waals surface area contributed by atoms with Gasteiger partial charge in [0.1, 0.15) is 11.4 Å². The summed E-state index contributed by atoms with van der Waals surface area (Å²) in [5, 5.41) is 20.1. The van der Waals surface area contributed by atoms with Crippen LogP contribution in [0.3, 0.4) is 0 Å². The van der Waals surface area contributed by atoms with Crippen molar-refractivity contribution < 1.29 is 19.8 Å². The summed E-state index contributed by atoms with van der Waals surface area (Å²) in [7, 11) is 0. The molecule has 0 aromatic carbocycles. The minimum Gasteiger partial charge on any atom is -0.465 e. The summed E-state index contributed by atoms with van der Waals surface area (Å²) >= 11 is 19.3. The van der Waals surface area contributed by atoms with Gasteiger partial charge in [0.15, 0.2) is 5.15 Å². The van der Waals surface area contributed by atoms with Gasteiger partial charge in [0, 0.05) is 25.8 Å². The Kier molecular flexibility index (Phi) is 7.57. The topological polar surface area (TPSA) is 110 Å². The Morgan fingerprint density at radius 1 is 1.11 bits per heavy atom. The molecule has 2 amide bonds. The predicted molar refractivity (Wildman–Crippen MR) is 139 cm³/mol. The number of aryl methyl sites for hydroxylation is 1. The van der Waals surface area contributed by atoms with Crippen LogP contribution in [0, 0.1) is 5.41 Å². The molecule has 0 saturated carbocycles. The van der Waals surface area contributed by atoms with Crippen LogP contribution in [0.4, 0.5) is 16.3 Å². The molecule has 0 bridgehead atoms. The fraction of sp³-hybridized carbons (Fsp3) is 0.500. The molecule has 0 aliphatic carbocycles. The molecule has 2 N–H and O–H groups in total. The molecule has 9 nitrogen and oxygen atoms in total. The summed E-state index contributed by atoms with van der Waals surface area (Å²) in [6, 6.07) is 2.23.